The van der Waals surface area contributed by atoms with Crippen molar-refractivity contribution in [2.24, 2.45) is 0 Å². The zero-order valence-electron chi connectivity index (χ0n) is 16.5. The molecule has 0 aliphatic carbocycles. The molecule has 4 rings (SSSR count). The van der Waals surface area contributed by atoms with Crippen molar-refractivity contribution in [1.29, 1.82) is 0 Å². The van der Waals surface area contributed by atoms with Crippen LogP contribution in [0.2, 0.25) is 0 Å². The van der Waals surface area contributed by atoms with E-state index in [0.717, 1.165) is 17.1 Å². The van der Waals surface area contributed by atoms with Crippen molar-refractivity contribution in [2.45, 2.75) is 33.3 Å². The molecule has 10 heteroatoms. The lowest BCUT2D eigenvalue weighted by atomic mass is 10.1. The molecule has 0 aromatic carbocycles. The lowest BCUT2D eigenvalue weighted by molar-refractivity contribution is -0.0256. The first-order chi connectivity index (χ1) is 14.0. The fourth-order valence-electron chi connectivity index (χ4n) is 3.14. The summed E-state index contributed by atoms with van der Waals surface area (Å²) in [6, 6.07) is 5.66. The predicted octanol–water partition coefficient (Wildman–Crippen LogP) is 3.06. The smallest absolute Gasteiger partial charge is 0.291 e. The van der Waals surface area contributed by atoms with Gasteiger partial charge >= 0.3 is 0 Å². The van der Waals surface area contributed by atoms with Crippen molar-refractivity contribution in [3.8, 4) is 0 Å². The van der Waals surface area contributed by atoms with Gasteiger partial charge in [-0.2, -0.15) is 0 Å². The van der Waals surface area contributed by atoms with Gasteiger partial charge in [-0.05, 0) is 25.5 Å². The van der Waals surface area contributed by atoms with E-state index in [-0.39, 0.29) is 17.8 Å². The summed E-state index contributed by atoms with van der Waals surface area (Å²) >= 11 is 1.50. The monoisotopic (exact) mass is 414 g/mol. The van der Waals surface area contributed by atoms with E-state index in [9.17, 15) is 4.79 Å². The molecule has 1 amide bonds. The van der Waals surface area contributed by atoms with Crippen LogP contribution in [0.25, 0.3) is 0 Å². The van der Waals surface area contributed by atoms with Crippen LogP contribution in [0.15, 0.2) is 22.6 Å². The molecule has 0 unspecified atom stereocenters. The topological polar surface area (TPSA) is 106 Å². The number of hydrogen-bond acceptors (Lipinski definition) is 9. The number of carbonyl (C=O) groups excluding carboxylic acids is 1. The number of amides is 1. The summed E-state index contributed by atoms with van der Waals surface area (Å²) in [5.74, 6) is 1.26. The zero-order chi connectivity index (χ0) is 20.4. The third-order valence-electron chi connectivity index (χ3n) is 4.56. The van der Waals surface area contributed by atoms with Gasteiger partial charge in [0.05, 0.1) is 24.5 Å². The minimum Gasteiger partial charge on any atom is -0.436 e. The molecule has 3 aromatic rings. The second kappa shape index (κ2) is 8.26. The quantitative estimate of drug-likeness (QED) is 0.679. The molecule has 1 atom stereocenters. The Kier molecular flexibility index (Phi) is 5.54. The Balaban J connectivity index is 1.48. The third kappa shape index (κ3) is 4.28. The molecule has 29 heavy (non-hydrogen) atoms. The molecule has 152 valence electrons. The Hall–Kier alpha value is -2.85. The number of morpholine rings is 1. The first-order valence-electron chi connectivity index (χ1n) is 9.44. The van der Waals surface area contributed by atoms with Crippen molar-refractivity contribution in [2.75, 3.05) is 25.0 Å². The summed E-state index contributed by atoms with van der Waals surface area (Å²) < 4.78 is 11.4. The molecule has 3 aromatic heterocycles. The molecular formula is C19H22N6O3S. The Morgan fingerprint density at radius 3 is 2.90 bits per heavy atom. The molecular weight excluding hydrogens is 392 g/mol. The molecule has 0 saturated carbocycles. The number of carbonyl (C=O) groups is 1. The Bertz CT molecular complexity index is 1020. The molecule has 1 aliphatic heterocycles. The maximum atomic E-state index is 12.8. The number of hydrogen-bond donors (Lipinski definition) is 1. The Morgan fingerprint density at radius 2 is 2.17 bits per heavy atom. The number of rotatable bonds is 5. The normalized spacial score (nSPS) is 16.8. The van der Waals surface area contributed by atoms with Crippen LogP contribution in [-0.4, -0.2) is 50.7 Å². The summed E-state index contributed by atoms with van der Waals surface area (Å²) in [4.78, 5) is 23.4. The fourth-order valence-corrected chi connectivity index (χ4v) is 3.83. The number of nitrogens with one attached hydrogen (secondary N) is 1. The summed E-state index contributed by atoms with van der Waals surface area (Å²) in [6.45, 7) is 6.87. The summed E-state index contributed by atoms with van der Waals surface area (Å²) in [5, 5.41) is 13.1. The SMILES string of the molecule is CCc1nnc(Nc2cccc([C@@H]3CN(C(=O)c4oc(C)nc4C)CCO3)n2)s1. The van der Waals surface area contributed by atoms with Gasteiger partial charge in [0.25, 0.3) is 5.91 Å². The van der Waals surface area contributed by atoms with Gasteiger partial charge in [-0.3, -0.25) is 4.79 Å². The number of nitrogens with zero attached hydrogens (tertiary/aromatic N) is 5. The van der Waals surface area contributed by atoms with Crippen molar-refractivity contribution in [3.05, 3.63) is 46.2 Å². The van der Waals surface area contributed by atoms with Crippen LogP contribution in [0.4, 0.5) is 10.9 Å². The van der Waals surface area contributed by atoms with Crippen molar-refractivity contribution in [3.63, 3.8) is 0 Å². The lowest BCUT2D eigenvalue weighted by Gasteiger charge is -2.32. The maximum Gasteiger partial charge on any atom is 0.291 e. The molecule has 9 nitrogen and oxygen atoms in total. The molecule has 1 fully saturated rings. The molecule has 0 radical (unpaired) electrons. The van der Waals surface area contributed by atoms with Crippen LogP contribution < -0.4 is 5.32 Å². The molecule has 1 saturated heterocycles. The van der Waals surface area contributed by atoms with E-state index >= 15 is 0 Å². The third-order valence-corrected chi connectivity index (χ3v) is 5.54. The van der Waals surface area contributed by atoms with E-state index in [4.69, 9.17) is 9.15 Å². The maximum absolute atomic E-state index is 12.8. The van der Waals surface area contributed by atoms with Gasteiger partial charge in [0.2, 0.25) is 10.9 Å². The number of aromatic nitrogens is 4. The highest BCUT2D eigenvalue weighted by molar-refractivity contribution is 7.15. The molecule has 0 bridgehead atoms. The first kappa shape index (κ1) is 19.5. The molecule has 4 heterocycles. The predicted molar refractivity (Wildman–Crippen MR) is 107 cm³/mol. The van der Waals surface area contributed by atoms with E-state index in [0.29, 0.717) is 42.2 Å². The van der Waals surface area contributed by atoms with Gasteiger partial charge in [-0.25, -0.2) is 9.97 Å². The zero-order valence-corrected chi connectivity index (χ0v) is 17.3. The second-order valence-corrected chi connectivity index (χ2v) is 7.75. The van der Waals surface area contributed by atoms with Crippen LogP contribution in [-0.2, 0) is 11.2 Å². The van der Waals surface area contributed by atoms with Crippen molar-refractivity contribution >= 4 is 28.2 Å². The highest BCUT2D eigenvalue weighted by Crippen LogP contribution is 2.25. The minimum absolute atomic E-state index is 0.174. The van der Waals surface area contributed by atoms with Crippen LogP contribution in [0.3, 0.4) is 0 Å². The van der Waals surface area contributed by atoms with Gasteiger partial charge < -0.3 is 19.4 Å². The van der Waals surface area contributed by atoms with Gasteiger partial charge in [0, 0.05) is 13.5 Å². The average Bonchev–Trinajstić information content (AvgIpc) is 3.33. The van der Waals surface area contributed by atoms with E-state index in [1.54, 1.807) is 18.7 Å². The van der Waals surface area contributed by atoms with E-state index in [1.807, 2.05) is 25.1 Å². The van der Waals surface area contributed by atoms with Crippen LogP contribution >= 0.6 is 11.3 Å². The minimum atomic E-state index is -0.320. The van der Waals surface area contributed by atoms with Gasteiger partial charge in [0.1, 0.15) is 16.9 Å². The molecule has 0 spiro atoms. The fraction of sp³-hybridized carbons (Fsp3) is 0.421. The van der Waals surface area contributed by atoms with Gasteiger partial charge in [-0.15, -0.1) is 10.2 Å². The number of aryl methyl sites for hydroxylation is 3. The van der Waals surface area contributed by atoms with E-state index < -0.39 is 0 Å². The first-order valence-corrected chi connectivity index (χ1v) is 10.3. The highest BCUT2D eigenvalue weighted by atomic mass is 32.1. The standard InChI is InChI=1S/C19H22N6O3S/c1-4-16-23-24-19(29-16)22-15-7-5-6-13(21-15)14-10-25(8-9-27-14)18(26)17-11(2)20-12(3)28-17/h5-7,14H,4,8-10H2,1-3H3,(H,21,22,24)/t14-/m0/s1. The van der Waals surface area contributed by atoms with Gasteiger partial charge in [-0.1, -0.05) is 24.3 Å². The van der Waals surface area contributed by atoms with Crippen LogP contribution in [0.5, 0.6) is 0 Å². The largest absolute Gasteiger partial charge is 0.436 e. The molecule has 1 aliphatic rings. The van der Waals surface area contributed by atoms with E-state index in [1.165, 1.54) is 11.3 Å². The van der Waals surface area contributed by atoms with E-state index in [2.05, 4.69) is 25.5 Å². The highest BCUT2D eigenvalue weighted by Gasteiger charge is 2.30. The van der Waals surface area contributed by atoms with Gasteiger partial charge in [0.15, 0.2) is 5.89 Å². The Morgan fingerprint density at radius 1 is 1.31 bits per heavy atom. The number of oxazole rings is 1. The number of ether oxygens (including phenoxy) is 1. The number of anilines is 2. The van der Waals surface area contributed by atoms with Crippen LogP contribution in [0, 0.1) is 13.8 Å². The van der Waals surface area contributed by atoms with Crippen LogP contribution in [0.1, 0.15) is 45.9 Å². The summed E-state index contributed by atoms with van der Waals surface area (Å²) in [7, 11) is 0. The second-order valence-electron chi connectivity index (χ2n) is 6.69. The lowest BCUT2D eigenvalue weighted by Crippen LogP contribution is -2.42. The summed E-state index contributed by atoms with van der Waals surface area (Å²) in [6.07, 6.45) is 0.524. The average molecular weight is 414 g/mol. The van der Waals surface area contributed by atoms with Crippen molar-refractivity contribution < 1.29 is 13.9 Å². The summed E-state index contributed by atoms with van der Waals surface area (Å²) in [5.41, 5.74) is 1.35. The van der Waals surface area contributed by atoms with Crippen molar-refractivity contribution in [1.82, 2.24) is 25.1 Å². The number of pyridine rings is 1. The molecule has 1 N–H and O–H groups in total. The Labute approximate surface area is 172 Å².